The number of carbonyl (C=O) groups excluding carboxylic acids is 2. The molecule has 150 valence electrons. The van der Waals surface area contributed by atoms with Gasteiger partial charge >= 0.3 is 0 Å². The van der Waals surface area contributed by atoms with Gasteiger partial charge in [0.25, 0.3) is 5.91 Å². The SMILES string of the molecule is CCCCOc1ccc(C(=O)N(CC)CC(=O)Nc2c(F)cccc2F)cc1. The molecule has 0 bridgehead atoms. The van der Waals surface area contributed by atoms with Crippen LogP contribution in [0, 0.1) is 11.6 Å². The molecule has 0 saturated heterocycles. The topological polar surface area (TPSA) is 58.6 Å². The lowest BCUT2D eigenvalue weighted by Crippen LogP contribution is -2.38. The molecule has 2 aromatic rings. The fourth-order valence-electron chi connectivity index (χ4n) is 2.51. The summed E-state index contributed by atoms with van der Waals surface area (Å²) in [7, 11) is 0. The maximum absolute atomic E-state index is 13.7. The van der Waals surface area contributed by atoms with Crippen molar-refractivity contribution < 1.29 is 23.1 Å². The molecule has 0 spiro atoms. The van der Waals surface area contributed by atoms with Crippen molar-refractivity contribution in [3.05, 3.63) is 59.7 Å². The van der Waals surface area contributed by atoms with E-state index in [1.54, 1.807) is 31.2 Å². The normalized spacial score (nSPS) is 10.4. The molecule has 0 aliphatic heterocycles. The second kappa shape index (κ2) is 10.4. The first-order chi connectivity index (χ1) is 13.5. The lowest BCUT2D eigenvalue weighted by atomic mass is 10.2. The molecule has 0 aromatic heterocycles. The van der Waals surface area contributed by atoms with Crippen LogP contribution in [0.2, 0.25) is 0 Å². The molecule has 28 heavy (non-hydrogen) atoms. The number of hydrogen-bond acceptors (Lipinski definition) is 3. The summed E-state index contributed by atoms with van der Waals surface area (Å²) in [5.74, 6) is -2.12. The molecule has 0 radical (unpaired) electrons. The molecular weight excluding hydrogens is 366 g/mol. The van der Waals surface area contributed by atoms with Crippen molar-refractivity contribution in [2.75, 3.05) is 25.0 Å². The number of benzene rings is 2. The van der Waals surface area contributed by atoms with Crippen LogP contribution in [0.25, 0.3) is 0 Å². The van der Waals surface area contributed by atoms with E-state index < -0.39 is 23.2 Å². The lowest BCUT2D eigenvalue weighted by Gasteiger charge is -2.20. The Morgan fingerprint density at radius 1 is 1.04 bits per heavy atom. The fourth-order valence-corrected chi connectivity index (χ4v) is 2.51. The molecule has 5 nitrogen and oxygen atoms in total. The number of amides is 2. The summed E-state index contributed by atoms with van der Waals surface area (Å²) in [5, 5.41) is 2.18. The highest BCUT2D eigenvalue weighted by atomic mass is 19.1. The van der Waals surface area contributed by atoms with Gasteiger partial charge in [-0.3, -0.25) is 9.59 Å². The highest BCUT2D eigenvalue weighted by molar-refractivity contribution is 5.99. The first-order valence-corrected chi connectivity index (χ1v) is 9.22. The third-order valence-corrected chi connectivity index (χ3v) is 4.10. The van der Waals surface area contributed by atoms with E-state index in [0.29, 0.717) is 17.9 Å². The van der Waals surface area contributed by atoms with Crippen LogP contribution in [0.1, 0.15) is 37.0 Å². The third kappa shape index (κ3) is 5.77. The van der Waals surface area contributed by atoms with Crippen LogP contribution in [0.3, 0.4) is 0 Å². The minimum absolute atomic E-state index is 0.265. The lowest BCUT2D eigenvalue weighted by molar-refractivity contribution is -0.116. The zero-order chi connectivity index (χ0) is 20.5. The maximum Gasteiger partial charge on any atom is 0.254 e. The highest BCUT2D eigenvalue weighted by Crippen LogP contribution is 2.18. The summed E-state index contributed by atoms with van der Waals surface area (Å²) in [4.78, 5) is 26.1. The van der Waals surface area contributed by atoms with Gasteiger partial charge in [0.15, 0.2) is 0 Å². The van der Waals surface area contributed by atoms with E-state index in [4.69, 9.17) is 4.74 Å². The Morgan fingerprint density at radius 2 is 1.68 bits per heavy atom. The van der Waals surface area contributed by atoms with Crippen LogP contribution < -0.4 is 10.1 Å². The first kappa shape index (κ1) is 21.3. The van der Waals surface area contributed by atoms with Crippen molar-refractivity contribution in [2.24, 2.45) is 0 Å². The second-order valence-corrected chi connectivity index (χ2v) is 6.19. The Balaban J connectivity index is 2.00. The van der Waals surface area contributed by atoms with Crippen LogP contribution in [-0.4, -0.2) is 36.4 Å². The predicted octanol–water partition coefficient (Wildman–Crippen LogP) is 4.24. The van der Waals surface area contributed by atoms with Gasteiger partial charge in [-0.2, -0.15) is 0 Å². The van der Waals surface area contributed by atoms with Crippen LogP contribution in [0.15, 0.2) is 42.5 Å². The van der Waals surface area contributed by atoms with Gasteiger partial charge < -0.3 is 15.0 Å². The van der Waals surface area contributed by atoms with Crippen LogP contribution in [0.5, 0.6) is 5.75 Å². The van der Waals surface area contributed by atoms with Crippen molar-refractivity contribution in [2.45, 2.75) is 26.7 Å². The molecule has 1 N–H and O–H groups in total. The molecular formula is C21H24F2N2O3. The molecule has 0 aliphatic carbocycles. The molecule has 0 saturated carbocycles. The minimum Gasteiger partial charge on any atom is -0.494 e. The Hall–Kier alpha value is -2.96. The van der Waals surface area contributed by atoms with Gasteiger partial charge in [-0.15, -0.1) is 0 Å². The average Bonchev–Trinajstić information content (AvgIpc) is 2.69. The number of para-hydroxylation sites is 1. The molecule has 7 heteroatoms. The summed E-state index contributed by atoms with van der Waals surface area (Å²) >= 11 is 0. The number of ether oxygens (including phenoxy) is 1. The van der Waals surface area contributed by atoms with Gasteiger partial charge in [-0.1, -0.05) is 19.4 Å². The van der Waals surface area contributed by atoms with E-state index in [-0.39, 0.29) is 19.0 Å². The zero-order valence-electron chi connectivity index (χ0n) is 16.0. The average molecular weight is 390 g/mol. The van der Waals surface area contributed by atoms with E-state index in [2.05, 4.69) is 12.2 Å². The van der Waals surface area contributed by atoms with Gasteiger partial charge in [0.1, 0.15) is 29.6 Å². The van der Waals surface area contributed by atoms with Crippen molar-refractivity contribution in [3.63, 3.8) is 0 Å². The van der Waals surface area contributed by atoms with Gasteiger partial charge in [0, 0.05) is 12.1 Å². The smallest absolute Gasteiger partial charge is 0.254 e. The van der Waals surface area contributed by atoms with E-state index in [1.165, 1.54) is 11.0 Å². The molecule has 0 aliphatic rings. The largest absolute Gasteiger partial charge is 0.494 e. The number of nitrogens with one attached hydrogen (secondary N) is 1. The number of nitrogens with zero attached hydrogens (tertiary/aromatic N) is 1. The van der Waals surface area contributed by atoms with Gasteiger partial charge in [0.05, 0.1) is 6.61 Å². The number of likely N-dealkylation sites (N-methyl/N-ethyl adjacent to an activating group) is 1. The summed E-state index contributed by atoms with van der Waals surface area (Å²) in [6.07, 6.45) is 1.98. The summed E-state index contributed by atoms with van der Waals surface area (Å²) in [6, 6.07) is 9.95. The number of unbranched alkanes of at least 4 members (excludes halogenated alkanes) is 1. The first-order valence-electron chi connectivity index (χ1n) is 9.22. The van der Waals surface area contributed by atoms with Crippen molar-refractivity contribution in [3.8, 4) is 5.75 Å². The van der Waals surface area contributed by atoms with Crippen LogP contribution in [0.4, 0.5) is 14.5 Å². The highest BCUT2D eigenvalue weighted by Gasteiger charge is 2.19. The zero-order valence-corrected chi connectivity index (χ0v) is 16.0. The number of rotatable bonds is 9. The summed E-state index contributed by atoms with van der Waals surface area (Å²) in [6.45, 7) is 4.34. The number of halogens is 2. The van der Waals surface area contributed by atoms with Crippen LogP contribution in [-0.2, 0) is 4.79 Å². The maximum atomic E-state index is 13.7. The predicted molar refractivity (Wildman–Crippen MR) is 103 cm³/mol. The van der Waals surface area contributed by atoms with Gasteiger partial charge in [-0.25, -0.2) is 8.78 Å². The third-order valence-electron chi connectivity index (χ3n) is 4.10. The van der Waals surface area contributed by atoms with Gasteiger partial charge in [0.2, 0.25) is 5.91 Å². The van der Waals surface area contributed by atoms with E-state index in [0.717, 1.165) is 25.0 Å². The number of carbonyl (C=O) groups is 2. The molecule has 2 rings (SSSR count). The minimum atomic E-state index is -0.874. The molecule has 0 fully saturated rings. The molecule has 0 unspecified atom stereocenters. The quantitative estimate of drug-likeness (QED) is 0.652. The Kier molecular flexibility index (Phi) is 7.92. The fraction of sp³-hybridized carbons (Fsp3) is 0.333. The molecule has 2 aromatic carbocycles. The molecule has 2 amide bonds. The monoisotopic (exact) mass is 390 g/mol. The molecule has 0 atom stereocenters. The van der Waals surface area contributed by atoms with E-state index in [1.807, 2.05) is 0 Å². The van der Waals surface area contributed by atoms with Crippen LogP contribution >= 0.6 is 0 Å². The van der Waals surface area contributed by atoms with Gasteiger partial charge in [-0.05, 0) is 49.7 Å². The number of hydrogen-bond donors (Lipinski definition) is 1. The van der Waals surface area contributed by atoms with Crippen molar-refractivity contribution >= 4 is 17.5 Å². The summed E-state index contributed by atoms with van der Waals surface area (Å²) in [5.41, 5.74) is -0.126. The van der Waals surface area contributed by atoms with Crippen molar-refractivity contribution in [1.82, 2.24) is 4.90 Å². The van der Waals surface area contributed by atoms with E-state index in [9.17, 15) is 18.4 Å². The standard InChI is InChI=1S/C21H24F2N2O3/c1-3-5-13-28-16-11-9-15(10-12-16)21(27)25(4-2)14-19(26)24-20-17(22)7-6-8-18(20)23/h6-12H,3-5,13-14H2,1-2H3,(H,24,26). The molecule has 0 heterocycles. The van der Waals surface area contributed by atoms with E-state index >= 15 is 0 Å². The second-order valence-electron chi connectivity index (χ2n) is 6.19. The summed E-state index contributed by atoms with van der Waals surface area (Å²) < 4.78 is 32.9. The Labute approximate surface area is 163 Å². The Morgan fingerprint density at radius 3 is 2.25 bits per heavy atom. The van der Waals surface area contributed by atoms with Crippen molar-refractivity contribution in [1.29, 1.82) is 0 Å². The number of anilines is 1. The Bertz CT molecular complexity index is 790.